The Kier molecular flexibility index (Phi) is 6.91. The molecule has 0 radical (unpaired) electrons. The number of hydrogen-bond acceptors (Lipinski definition) is 5. The molecule has 0 unspecified atom stereocenters. The van der Waals surface area contributed by atoms with Crippen LogP contribution in [0.4, 0.5) is 5.69 Å². The molecule has 1 aromatic heterocycles. The summed E-state index contributed by atoms with van der Waals surface area (Å²) in [6, 6.07) is 16.2. The van der Waals surface area contributed by atoms with Gasteiger partial charge in [-0.15, -0.1) is 10.0 Å². The largest absolute Gasteiger partial charge is 0.422 e. The molecule has 0 aliphatic heterocycles. The second kappa shape index (κ2) is 9.78. The molecule has 0 saturated carbocycles. The average Bonchev–Trinajstić information content (AvgIpc) is 2.77. The normalized spacial score (nSPS) is 11.5. The molecule has 0 spiro atoms. The molecule has 0 amide bonds. The summed E-state index contributed by atoms with van der Waals surface area (Å²) in [5.41, 5.74) is 3.12. The first kappa shape index (κ1) is 21.2. The number of rotatable bonds is 9. The highest BCUT2D eigenvalue weighted by molar-refractivity contribution is 5.98. The maximum atomic E-state index is 12.5. The second-order valence-electron chi connectivity index (χ2n) is 7.15. The summed E-state index contributed by atoms with van der Waals surface area (Å²) in [5, 5.41) is 9.03. The Bertz CT molecular complexity index is 1130. The topological polar surface area (TPSA) is 75.2 Å². The molecule has 0 atom stereocenters. The van der Waals surface area contributed by atoms with Gasteiger partial charge in [-0.05, 0) is 49.1 Å². The summed E-state index contributed by atoms with van der Waals surface area (Å²) in [6.45, 7) is 7.99. The van der Waals surface area contributed by atoms with Crippen LogP contribution in [-0.4, -0.2) is 5.71 Å². The molecule has 0 fully saturated rings. The molecule has 0 aliphatic rings. The SMILES string of the molecule is C=C(CCCCC)/C(C)=N\N(N=O)c1ccc2cc(-c3ccccc3)c(=O)oc2c1. The lowest BCUT2D eigenvalue weighted by molar-refractivity contribution is 0.563. The van der Waals surface area contributed by atoms with E-state index in [0.717, 1.165) is 47.3 Å². The van der Waals surface area contributed by atoms with Crippen molar-refractivity contribution >= 4 is 22.4 Å². The molecule has 6 heteroatoms. The monoisotopic (exact) mass is 403 g/mol. The molecule has 154 valence electrons. The molecule has 3 aromatic rings. The van der Waals surface area contributed by atoms with Crippen LogP contribution >= 0.6 is 0 Å². The first-order valence-electron chi connectivity index (χ1n) is 10.0. The highest BCUT2D eigenvalue weighted by Gasteiger charge is 2.12. The Labute approximate surface area is 175 Å². The minimum Gasteiger partial charge on any atom is -0.422 e. The molecule has 30 heavy (non-hydrogen) atoms. The van der Waals surface area contributed by atoms with Gasteiger partial charge in [0, 0.05) is 11.5 Å². The fourth-order valence-electron chi connectivity index (χ4n) is 3.15. The standard InChI is InChI=1S/C24H25N3O3/c1-4-5-7-10-17(2)18(3)25-27(26-29)21-14-13-20-15-22(19-11-8-6-9-12-19)24(28)30-23(20)16-21/h6,8-9,11-16H,2,4-5,7,10H2,1,3H3/b25-18-. The minimum atomic E-state index is -0.444. The van der Waals surface area contributed by atoms with E-state index in [4.69, 9.17) is 4.42 Å². The predicted molar refractivity (Wildman–Crippen MR) is 123 cm³/mol. The van der Waals surface area contributed by atoms with Crippen molar-refractivity contribution in [1.29, 1.82) is 0 Å². The van der Waals surface area contributed by atoms with Crippen molar-refractivity contribution in [2.75, 3.05) is 5.12 Å². The van der Waals surface area contributed by atoms with Crippen LogP contribution in [0.1, 0.15) is 39.5 Å². The lowest BCUT2D eigenvalue weighted by atomic mass is 10.1. The zero-order valence-electron chi connectivity index (χ0n) is 17.3. The quantitative estimate of drug-likeness (QED) is 0.135. The van der Waals surface area contributed by atoms with E-state index in [1.165, 1.54) is 0 Å². The van der Waals surface area contributed by atoms with E-state index < -0.39 is 5.63 Å². The Hall–Kier alpha value is -3.54. The van der Waals surface area contributed by atoms with E-state index in [0.29, 0.717) is 22.5 Å². The fourth-order valence-corrected chi connectivity index (χ4v) is 3.15. The van der Waals surface area contributed by atoms with Gasteiger partial charge >= 0.3 is 5.63 Å². The summed E-state index contributed by atoms with van der Waals surface area (Å²) >= 11 is 0. The number of unbranched alkanes of at least 4 members (excludes halogenated alkanes) is 2. The van der Waals surface area contributed by atoms with Crippen LogP contribution in [0.15, 0.2) is 86.3 Å². The minimum absolute atomic E-state index is 0.362. The summed E-state index contributed by atoms with van der Waals surface area (Å²) in [5.74, 6) is 0. The lowest BCUT2D eigenvalue weighted by Gasteiger charge is -2.12. The third kappa shape index (κ3) is 4.89. The zero-order valence-corrected chi connectivity index (χ0v) is 17.3. The summed E-state index contributed by atoms with van der Waals surface area (Å²) in [4.78, 5) is 23.9. The summed E-state index contributed by atoms with van der Waals surface area (Å²) < 4.78 is 5.51. The third-order valence-electron chi connectivity index (χ3n) is 4.95. The van der Waals surface area contributed by atoms with Crippen molar-refractivity contribution in [3.63, 3.8) is 0 Å². The maximum absolute atomic E-state index is 12.5. The molecule has 0 bridgehead atoms. The number of nitroso groups, excluding NO2 is 1. The van der Waals surface area contributed by atoms with E-state index in [2.05, 4.69) is 23.9 Å². The van der Waals surface area contributed by atoms with E-state index in [1.807, 2.05) is 30.3 Å². The van der Waals surface area contributed by atoms with Crippen molar-refractivity contribution in [1.82, 2.24) is 0 Å². The zero-order chi connectivity index (χ0) is 21.5. The first-order chi connectivity index (χ1) is 14.5. The number of hydrazone groups is 1. The van der Waals surface area contributed by atoms with Gasteiger partial charge in [-0.2, -0.15) is 5.10 Å². The predicted octanol–water partition coefficient (Wildman–Crippen LogP) is 6.46. The van der Waals surface area contributed by atoms with Gasteiger partial charge in [0.25, 0.3) is 0 Å². The van der Waals surface area contributed by atoms with Crippen LogP contribution in [0.25, 0.3) is 22.1 Å². The summed E-state index contributed by atoms with van der Waals surface area (Å²) in [7, 11) is 0. The molecular formula is C24H25N3O3. The second-order valence-corrected chi connectivity index (χ2v) is 7.15. The maximum Gasteiger partial charge on any atom is 0.344 e. The third-order valence-corrected chi connectivity index (χ3v) is 4.95. The van der Waals surface area contributed by atoms with E-state index >= 15 is 0 Å². The number of hydrogen-bond donors (Lipinski definition) is 0. The van der Waals surface area contributed by atoms with Crippen LogP contribution in [0.5, 0.6) is 0 Å². The smallest absolute Gasteiger partial charge is 0.344 e. The van der Waals surface area contributed by atoms with E-state index in [9.17, 15) is 9.70 Å². The molecule has 2 aromatic carbocycles. The van der Waals surface area contributed by atoms with E-state index in [1.54, 1.807) is 31.2 Å². The number of allylic oxidation sites excluding steroid dienone is 1. The number of benzene rings is 2. The van der Waals surface area contributed by atoms with Crippen LogP contribution in [-0.2, 0) is 0 Å². The van der Waals surface area contributed by atoms with Gasteiger partial charge in [0.05, 0.1) is 22.2 Å². The highest BCUT2D eigenvalue weighted by Crippen LogP contribution is 2.26. The first-order valence-corrected chi connectivity index (χ1v) is 10.0. The fraction of sp³-hybridized carbons (Fsp3) is 0.250. The number of fused-ring (bicyclic) bond motifs is 1. The van der Waals surface area contributed by atoms with Gasteiger partial charge in [0.1, 0.15) is 5.58 Å². The van der Waals surface area contributed by atoms with Gasteiger partial charge in [-0.25, -0.2) is 4.79 Å². The lowest BCUT2D eigenvalue weighted by Crippen LogP contribution is -2.11. The average molecular weight is 403 g/mol. The molecule has 0 saturated heterocycles. The van der Waals surface area contributed by atoms with Crippen LogP contribution in [0.3, 0.4) is 0 Å². The van der Waals surface area contributed by atoms with Crippen molar-refractivity contribution in [2.45, 2.75) is 39.5 Å². The van der Waals surface area contributed by atoms with E-state index in [-0.39, 0.29) is 0 Å². The highest BCUT2D eigenvalue weighted by atomic mass is 16.4. The molecule has 3 rings (SSSR count). The number of nitrogens with zero attached hydrogens (tertiary/aromatic N) is 3. The van der Waals surface area contributed by atoms with Crippen molar-refractivity contribution < 1.29 is 4.42 Å². The van der Waals surface area contributed by atoms with Crippen molar-refractivity contribution in [3.05, 3.63) is 82.1 Å². The van der Waals surface area contributed by atoms with Crippen molar-refractivity contribution in [3.8, 4) is 11.1 Å². The van der Waals surface area contributed by atoms with Gasteiger partial charge in [-0.3, -0.25) is 0 Å². The summed E-state index contributed by atoms with van der Waals surface area (Å²) in [6.07, 6.45) is 4.10. The van der Waals surface area contributed by atoms with Gasteiger partial charge in [0.2, 0.25) is 0 Å². The Morgan fingerprint density at radius 1 is 1.10 bits per heavy atom. The number of anilines is 1. The van der Waals surface area contributed by atoms with Crippen molar-refractivity contribution in [2.24, 2.45) is 10.4 Å². The molecule has 1 heterocycles. The molecule has 0 N–H and O–H groups in total. The Morgan fingerprint density at radius 3 is 2.57 bits per heavy atom. The molecule has 6 nitrogen and oxygen atoms in total. The van der Waals surface area contributed by atoms with Crippen LogP contribution < -0.4 is 10.7 Å². The van der Waals surface area contributed by atoms with Crippen LogP contribution in [0, 0.1) is 4.91 Å². The molecular weight excluding hydrogens is 378 g/mol. The van der Waals surface area contributed by atoms with Gasteiger partial charge in [0.15, 0.2) is 0 Å². The molecule has 0 aliphatic carbocycles. The Morgan fingerprint density at radius 2 is 1.87 bits per heavy atom. The van der Waals surface area contributed by atoms with Gasteiger partial charge < -0.3 is 4.42 Å². The van der Waals surface area contributed by atoms with Gasteiger partial charge in [-0.1, -0.05) is 56.7 Å². The Balaban J connectivity index is 1.90. The van der Waals surface area contributed by atoms with Crippen LogP contribution in [0.2, 0.25) is 0 Å².